The second-order valence-electron chi connectivity index (χ2n) is 10.2. The van der Waals surface area contributed by atoms with E-state index in [-0.39, 0.29) is 5.91 Å². The van der Waals surface area contributed by atoms with Crippen LogP contribution in [0.25, 0.3) is 11.3 Å². The zero-order valence-corrected chi connectivity index (χ0v) is 19.0. The van der Waals surface area contributed by atoms with E-state index in [9.17, 15) is 4.79 Å². The molecular weight excluding hydrogens is 420 g/mol. The van der Waals surface area contributed by atoms with E-state index in [1.54, 1.807) is 13.0 Å². The van der Waals surface area contributed by atoms with Crippen LogP contribution in [0.4, 0.5) is 5.69 Å². The van der Waals surface area contributed by atoms with Crippen LogP contribution in [-0.4, -0.2) is 11.1 Å². The highest BCUT2D eigenvalue weighted by atomic mass is 35.5. The maximum absolute atomic E-state index is 13.2. The van der Waals surface area contributed by atoms with Crippen LogP contribution < -0.4 is 5.32 Å². The van der Waals surface area contributed by atoms with E-state index in [2.05, 4.69) is 22.6 Å². The summed E-state index contributed by atoms with van der Waals surface area (Å²) < 4.78 is 5.35. The molecule has 1 heterocycles. The van der Waals surface area contributed by atoms with Crippen molar-refractivity contribution in [2.24, 2.45) is 17.8 Å². The van der Waals surface area contributed by atoms with Gasteiger partial charge in [0, 0.05) is 11.3 Å². The number of carbonyl (C=O) groups excluding carboxylic acids is 1. The molecule has 4 nitrogen and oxygen atoms in total. The number of benzene rings is 2. The Hall–Kier alpha value is -2.59. The quantitative estimate of drug-likeness (QED) is 0.468. The molecule has 0 saturated heterocycles. The summed E-state index contributed by atoms with van der Waals surface area (Å²) in [6.45, 7) is 1.75. The van der Waals surface area contributed by atoms with E-state index in [0.717, 1.165) is 23.4 Å². The molecule has 1 amide bonds. The predicted octanol–water partition coefficient (Wildman–Crippen LogP) is 7.02. The van der Waals surface area contributed by atoms with Gasteiger partial charge in [0.25, 0.3) is 5.91 Å². The molecule has 0 radical (unpaired) electrons. The molecule has 1 N–H and O–H groups in total. The summed E-state index contributed by atoms with van der Waals surface area (Å²) in [5.41, 5.74) is 4.17. The van der Waals surface area contributed by atoms with Gasteiger partial charge in [-0.3, -0.25) is 4.79 Å². The molecule has 3 aromatic rings. The fourth-order valence-electron chi connectivity index (χ4n) is 7.04. The number of carbonyl (C=O) groups is 1. The Morgan fingerprint density at radius 3 is 2.25 bits per heavy atom. The van der Waals surface area contributed by atoms with E-state index in [1.807, 2.05) is 30.3 Å². The van der Waals surface area contributed by atoms with Crippen molar-refractivity contribution < 1.29 is 9.32 Å². The first-order chi connectivity index (χ1) is 15.5. The summed E-state index contributed by atoms with van der Waals surface area (Å²) in [6.07, 6.45) is 8.35. The summed E-state index contributed by atoms with van der Waals surface area (Å²) in [6, 6.07) is 15.9. The van der Waals surface area contributed by atoms with Gasteiger partial charge in [0.05, 0.1) is 5.02 Å². The van der Waals surface area contributed by atoms with E-state index in [1.165, 1.54) is 44.1 Å². The number of aryl methyl sites for hydroxylation is 1. The maximum atomic E-state index is 13.2. The molecule has 0 atom stereocenters. The number of anilines is 1. The van der Waals surface area contributed by atoms with Gasteiger partial charge in [-0.15, -0.1) is 0 Å². The fraction of sp³-hybridized carbons (Fsp3) is 0.407. The van der Waals surface area contributed by atoms with Gasteiger partial charge in [-0.1, -0.05) is 47.1 Å². The number of halogens is 1. The van der Waals surface area contributed by atoms with Crippen LogP contribution in [0.1, 0.15) is 60.2 Å². The highest BCUT2D eigenvalue weighted by molar-refractivity contribution is 6.33. The zero-order chi connectivity index (χ0) is 21.9. The minimum Gasteiger partial charge on any atom is -0.360 e. The molecule has 164 valence electrons. The third kappa shape index (κ3) is 3.27. The second-order valence-corrected chi connectivity index (χ2v) is 10.6. The number of hydrogen-bond acceptors (Lipinski definition) is 3. The maximum Gasteiger partial charge on any atom is 0.261 e. The first-order valence-electron chi connectivity index (χ1n) is 11.6. The monoisotopic (exact) mass is 446 g/mol. The molecule has 4 bridgehead atoms. The minimum absolute atomic E-state index is 0.235. The number of rotatable bonds is 4. The van der Waals surface area contributed by atoms with Gasteiger partial charge in [0.15, 0.2) is 0 Å². The molecule has 4 fully saturated rings. The SMILES string of the molecule is Cc1onc(-c2ccccc2Cl)c1C(=O)Nc1ccc(C23CC4CC(CC(C4)C2)C3)cc1. The van der Waals surface area contributed by atoms with E-state index in [4.69, 9.17) is 16.1 Å². The average Bonchev–Trinajstić information content (AvgIpc) is 3.15. The van der Waals surface area contributed by atoms with Crippen molar-refractivity contribution in [2.75, 3.05) is 5.32 Å². The normalized spacial score (nSPS) is 28.1. The van der Waals surface area contributed by atoms with Crippen molar-refractivity contribution in [1.29, 1.82) is 0 Å². The van der Waals surface area contributed by atoms with Crippen molar-refractivity contribution in [2.45, 2.75) is 50.9 Å². The molecule has 4 saturated carbocycles. The standard InChI is InChI=1S/C27H27ClN2O2/c1-16-24(25(30-32-16)22-4-2-3-5-23(22)28)26(31)29-21-8-6-20(7-9-21)27-13-17-10-18(14-27)12-19(11-17)15-27/h2-9,17-19H,10-15H2,1H3,(H,29,31). The second kappa shape index (κ2) is 7.48. The van der Waals surface area contributed by atoms with Crippen molar-refractivity contribution in [3.05, 3.63) is 70.4 Å². The molecule has 0 spiro atoms. The third-order valence-corrected chi connectivity index (χ3v) is 8.34. The Kier molecular flexibility index (Phi) is 4.69. The lowest BCUT2D eigenvalue weighted by Gasteiger charge is -2.57. The van der Waals surface area contributed by atoms with E-state index < -0.39 is 0 Å². The van der Waals surface area contributed by atoms with Gasteiger partial charge in [0.1, 0.15) is 17.0 Å². The van der Waals surface area contributed by atoms with Crippen molar-refractivity contribution >= 4 is 23.2 Å². The molecule has 0 unspecified atom stereocenters. The van der Waals surface area contributed by atoms with Crippen molar-refractivity contribution in [3.8, 4) is 11.3 Å². The van der Waals surface area contributed by atoms with Gasteiger partial charge in [0.2, 0.25) is 0 Å². The van der Waals surface area contributed by atoms with Crippen LogP contribution in [-0.2, 0) is 5.41 Å². The van der Waals surface area contributed by atoms with Crippen LogP contribution in [0.15, 0.2) is 53.1 Å². The van der Waals surface area contributed by atoms with Crippen LogP contribution in [0.5, 0.6) is 0 Å². The van der Waals surface area contributed by atoms with Crippen LogP contribution >= 0.6 is 11.6 Å². The van der Waals surface area contributed by atoms with E-state index in [0.29, 0.717) is 33.0 Å². The number of hydrogen-bond donors (Lipinski definition) is 1. The number of aromatic nitrogens is 1. The molecule has 7 rings (SSSR count). The van der Waals surface area contributed by atoms with Crippen LogP contribution in [0, 0.1) is 24.7 Å². The summed E-state index contributed by atoms with van der Waals surface area (Å²) in [5.74, 6) is 2.99. The molecule has 32 heavy (non-hydrogen) atoms. The molecule has 4 aliphatic rings. The van der Waals surface area contributed by atoms with Crippen LogP contribution in [0.2, 0.25) is 5.02 Å². The van der Waals surface area contributed by atoms with Gasteiger partial charge in [-0.05, 0) is 92.4 Å². The molecule has 5 heteroatoms. The molecule has 1 aromatic heterocycles. The third-order valence-electron chi connectivity index (χ3n) is 8.01. The number of amides is 1. The summed E-state index contributed by atoms with van der Waals surface area (Å²) in [5, 5.41) is 7.68. The first kappa shape index (κ1) is 20.0. The Labute approximate surface area is 193 Å². The molecule has 0 aliphatic heterocycles. The van der Waals surface area contributed by atoms with E-state index >= 15 is 0 Å². The Bertz CT molecular complexity index is 1150. The summed E-state index contributed by atoms with van der Waals surface area (Å²) in [7, 11) is 0. The predicted molar refractivity (Wildman–Crippen MR) is 126 cm³/mol. The summed E-state index contributed by atoms with van der Waals surface area (Å²) >= 11 is 6.34. The Morgan fingerprint density at radius 2 is 1.62 bits per heavy atom. The van der Waals surface area contributed by atoms with Gasteiger partial charge in [-0.25, -0.2) is 0 Å². The minimum atomic E-state index is -0.235. The van der Waals surface area contributed by atoms with Gasteiger partial charge < -0.3 is 9.84 Å². The zero-order valence-electron chi connectivity index (χ0n) is 18.2. The van der Waals surface area contributed by atoms with Crippen LogP contribution in [0.3, 0.4) is 0 Å². The highest BCUT2D eigenvalue weighted by Gasteiger charge is 2.51. The first-order valence-corrected chi connectivity index (χ1v) is 12.0. The lowest BCUT2D eigenvalue weighted by molar-refractivity contribution is -0.00518. The van der Waals surface area contributed by atoms with Gasteiger partial charge >= 0.3 is 0 Å². The lowest BCUT2D eigenvalue weighted by atomic mass is 9.48. The van der Waals surface area contributed by atoms with Gasteiger partial charge in [-0.2, -0.15) is 0 Å². The molecule has 2 aromatic carbocycles. The smallest absolute Gasteiger partial charge is 0.261 e. The summed E-state index contributed by atoms with van der Waals surface area (Å²) in [4.78, 5) is 13.2. The molecular formula is C27H27ClN2O2. The highest BCUT2D eigenvalue weighted by Crippen LogP contribution is 2.60. The Balaban J connectivity index is 1.24. The lowest BCUT2D eigenvalue weighted by Crippen LogP contribution is -2.48. The number of nitrogens with zero attached hydrogens (tertiary/aromatic N) is 1. The average molecular weight is 447 g/mol. The van der Waals surface area contributed by atoms with Crippen molar-refractivity contribution in [3.63, 3.8) is 0 Å². The fourth-order valence-corrected chi connectivity index (χ4v) is 7.27. The Morgan fingerprint density at radius 1 is 1.00 bits per heavy atom. The van der Waals surface area contributed by atoms with Crippen molar-refractivity contribution in [1.82, 2.24) is 5.16 Å². The largest absolute Gasteiger partial charge is 0.360 e. The number of nitrogens with one attached hydrogen (secondary N) is 1. The molecule has 4 aliphatic carbocycles. The topological polar surface area (TPSA) is 55.1 Å².